The van der Waals surface area contributed by atoms with Crippen molar-refractivity contribution in [3.8, 4) is 17.0 Å². The molecule has 2 fully saturated rings. The van der Waals surface area contributed by atoms with Crippen LogP contribution in [0.1, 0.15) is 44.4 Å². The summed E-state index contributed by atoms with van der Waals surface area (Å²) in [4.78, 5) is 40.1. The third-order valence-electron chi connectivity index (χ3n) is 6.95. The van der Waals surface area contributed by atoms with E-state index in [-0.39, 0.29) is 41.0 Å². The van der Waals surface area contributed by atoms with E-state index in [0.29, 0.717) is 41.5 Å². The topological polar surface area (TPSA) is 153 Å². The van der Waals surface area contributed by atoms with E-state index in [4.69, 9.17) is 13.6 Å². The molecule has 210 valence electrons. The van der Waals surface area contributed by atoms with Gasteiger partial charge in [0.2, 0.25) is 5.91 Å². The number of carbonyl (C=O) groups excluding carboxylic acids is 3. The second-order valence-electron chi connectivity index (χ2n) is 9.66. The molecule has 2 aromatic heterocycles. The zero-order valence-electron chi connectivity index (χ0n) is 25.4. The van der Waals surface area contributed by atoms with Gasteiger partial charge in [-0.2, -0.15) is 5.10 Å². The molecule has 1 saturated carbocycles. The van der Waals surface area contributed by atoms with Gasteiger partial charge in [-0.3, -0.25) is 19.1 Å². The second-order valence-corrected chi connectivity index (χ2v) is 9.66. The smallest absolute Gasteiger partial charge is 0.273 e. The van der Waals surface area contributed by atoms with E-state index in [1.807, 2.05) is 5.32 Å². The summed E-state index contributed by atoms with van der Waals surface area (Å²) in [5.41, 5.74) is 1.58. The summed E-state index contributed by atoms with van der Waals surface area (Å²) in [5.74, 6) is -1.05. The Morgan fingerprint density at radius 1 is 1.10 bits per heavy atom. The number of rotatable bonds is 9. The number of benzene rings is 1. The Kier molecular flexibility index (Phi) is 6.60. The van der Waals surface area contributed by atoms with Gasteiger partial charge in [0.1, 0.15) is 5.69 Å². The Morgan fingerprint density at radius 2 is 1.93 bits per heavy atom. The van der Waals surface area contributed by atoms with Crippen molar-refractivity contribution in [3.63, 3.8) is 0 Å². The van der Waals surface area contributed by atoms with E-state index >= 15 is 0 Å². The lowest BCUT2D eigenvalue weighted by molar-refractivity contribution is -0.117. The van der Waals surface area contributed by atoms with Gasteiger partial charge in [0.25, 0.3) is 11.8 Å². The number of carbonyl (C=O) groups is 3. The van der Waals surface area contributed by atoms with Crippen LogP contribution in [-0.4, -0.2) is 83.0 Å². The van der Waals surface area contributed by atoms with E-state index in [9.17, 15) is 14.4 Å². The van der Waals surface area contributed by atoms with Gasteiger partial charge in [0.15, 0.2) is 17.3 Å². The van der Waals surface area contributed by atoms with Gasteiger partial charge in [-0.25, -0.2) is 0 Å². The van der Waals surface area contributed by atoms with Gasteiger partial charge >= 0.3 is 0 Å². The molecule has 5 rings (SSSR count). The van der Waals surface area contributed by atoms with Crippen LogP contribution in [0.2, 0.25) is 0 Å². The minimum Gasteiger partial charge on any atom is -0.494 e. The molecule has 13 heteroatoms. The average molecular weight is 552 g/mol. The Bertz CT molecular complexity index is 1560. The van der Waals surface area contributed by atoms with Crippen LogP contribution >= 0.6 is 0 Å². The lowest BCUT2D eigenvalue weighted by atomic mass is 10.1. The van der Waals surface area contributed by atoms with Crippen molar-refractivity contribution < 1.29 is 28.0 Å². The van der Waals surface area contributed by atoms with Crippen LogP contribution in [0, 0.1) is 5.92 Å². The number of ether oxygens (including phenoxy) is 2. The number of anilines is 3. The van der Waals surface area contributed by atoms with Crippen molar-refractivity contribution in [3.05, 3.63) is 41.7 Å². The summed E-state index contributed by atoms with van der Waals surface area (Å²) in [6, 6.07) is 8.26. The first-order valence-corrected chi connectivity index (χ1v) is 12.8. The van der Waals surface area contributed by atoms with E-state index in [0.717, 1.165) is 19.3 Å². The molecule has 1 aromatic carbocycles. The minimum atomic E-state index is -2.76. The summed E-state index contributed by atoms with van der Waals surface area (Å²) in [6.45, 7) is -1.68. The number of aromatic nitrogens is 4. The van der Waals surface area contributed by atoms with Gasteiger partial charge in [-0.1, -0.05) is 6.07 Å². The van der Waals surface area contributed by atoms with Gasteiger partial charge in [-0.15, -0.1) is 10.2 Å². The maximum atomic E-state index is 13.2. The average Bonchev–Trinajstić information content (AvgIpc) is 3.58. The first kappa shape index (κ1) is 23.4. The number of nitrogens with zero attached hydrogens (tertiary/aromatic N) is 5. The predicted octanol–water partition coefficient (Wildman–Crippen LogP) is 2.20. The molecular formula is C27H32N8O5. The number of methoxy groups -OCH3 is 2. The molecule has 3 aromatic rings. The summed E-state index contributed by atoms with van der Waals surface area (Å²) in [7, 11) is 4.78. The lowest BCUT2D eigenvalue weighted by Gasteiger charge is -2.16. The molecule has 1 unspecified atom stereocenters. The maximum absolute atomic E-state index is 13.2. The third-order valence-corrected chi connectivity index (χ3v) is 6.95. The van der Waals surface area contributed by atoms with Crippen molar-refractivity contribution in [2.45, 2.75) is 25.4 Å². The quantitative estimate of drug-likeness (QED) is 0.363. The standard InChI is InChI=1S/C27H32N8O5/c1-28-26(37)23-20(13-22(31-32-23)30-25(36)15-8-9-15)29-18-7-5-6-17(24(18)40-4)19-12-21(34(2)33-19)27(38)35-11-10-16(14-35)39-3/h5-7,12-13,15-16H,8-11,14H2,1-4H3,(H,28,37)(H2,29,30,31,36)/i1D3. The van der Waals surface area contributed by atoms with E-state index in [1.54, 1.807) is 43.3 Å². The molecule has 13 nitrogen and oxygen atoms in total. The fourth-order valence-electron chi connectivity index (χ4n) is 4.62. The van der Waals surface area contributed by atoms with Crippen molar-refractivity contribution in [2.24, 2.45) is 13.0 Å². The number of hydrogen-bond donors (Lipinski definition) is 3. The highest BCUT2D eigenvalue weighted by atomic mass is 16.5. The molecule has 0 radical (unpaired) electrons. The zero-order valence-corrected chi connectivity index (χ0v) is 22.4. The van der Waals surface area contributed by atoms with Crippen molar-refractivity contribution in [1.82, 2.24) is 30.2 Å². The third kappa shape index (κ3) is 5.45. The van der Waals surface area contributed by atoms with Crippen LogP contribution in [0.3, 0.4) is 0 Å². The molecule has 3 amide bonds. The monoisotopic (exact) mass is 551 g/mol. The van der Waals surface area contributed by atoms with E-state index < -0.39 is 12.9 Å². The normalized spacial score (nSPS) is 17.9. The number of likely N-dealkylation sites (tertiary alicyclic amines) is 1. The summed E-state index contributed by atoms with van der Waals surface area (Å²) >= 11 is 0. The molecule has 1 atom stereocenters. The van der Waals surface area contributed by atoms with E-state index in [2.05, 4.69) is 25.9 Å². The molecule has 0 bridgehead atoms. The first-order chi connectivity index (χ1) is 20.5. The molecule has 1 saturated heterocycles. The minimum absolute atomic E-state index is 0.00328. The molecule has 1 aliphatic carbocycles. The molecule has 40 heavy (non-hydrogen) atoms. The Labute approximate surface area is 235 Å². The van der Waals surface area contributed by atoms with Crippen molar-refractivity contribution in [2.75, 3.05) is 44.9 Å². The van der Waals surface area contributed by atoms with Crippen LogP contribution in [0.5, 0.6) is 5.75 Å². The summed E-state index contributed by atoms with van der Waals surface area (Å²) < 4.78 is 34.9. The fourth-order valence-corrected chi connectivity index (χ4v) is 4.62. The Balaban J connectivity index is 1.47. The Morgan fingerprint density at radius 3 is 2.62 bits per heavy atom. The number of hydrogen-bond acceptors (Lipinski definition) is 9. The van der Waals surface area contributed by atoms with Gasteiger partial charge in [-0.05, 0) is 37.5 Å². The van der Waals surface area contributed by atoms with Gasteiger partial charge in [0.05, 0.1) is 30.3 Å². The largest absolute Gasteiger partial charge is 0.494 e. The highest BCUT2D eigenvalue weighted by Crippen LogP contribution is 2.38. The molecule has 3 N–H and O–H groups in total. The van der Waals surface area contributed by atoms with E-state index in [1.165, 1.54) is 17.9 Å². The highest BCUT2D eigenvalue weighted by Gasteiger charge is 2.31. The first-order valence-electron chi connectivity index (χ1n) is 14.3. The lowest BCUT2D eigenvalue weighted by Crippen LogP contribution is -2.31. The number of aryl methyl sites for hydroxylation is 1. The van der Waals surface area contributed by atoms with Crippen LogP contribution < -0.4 is 20.7 Å². The zero-order chi connectivity index (χ0) is 30.9. The van der Waals surface area contributed by atoms with Crippen LogP contribution in [0.15, 0.2) is 30.3 Å². The molecule has 3 heterocycles. The summed E-state index contributed by atoms with van der Waals surface area (Å²) in [5, 5.41) is 20.0. The molecular weight excluding hydrogens is 516 g/mol. The van der Waals surface area contributed by atoms with Crippen molar-refractivity contribution >= 4 is 34.9 Å². The van der Waals surface area contributed by atoms with Gasteiger partial charge < -0.3 is 30.3 Å². The van der Waals surface area contributed by atoms with Crippen LogP contribution in [-0.2, 0) is 16.6 Å². The molecule has 1 aliphatic heterocycles. The predicted molar refractivity (Wildman–Crippen MR) is 147 cm³/mol. The van der Waals surface area contributed by atoms with Gasteiger partial charge in [0, 0.05) is 55.9 Å². The van der Waals surface area contributed by atoms with Crippen LogP contribution in [0.4, 0.5) is 17.2 Å². The molecule has 2 aliphatic rings. The summed E-state index contributed by atoms with van der Waals surface area (Å²) in [6.07, 6.45) is 2.31. The van der Waals surface area contributed by atoms with Crippen molar-refractivity contribution in [1.29, 1.82) is 0 Å². The second kappa shape index (κ2) is 11.3. The Hall–Kier alpha value is -4.52. The number of para-hydroxylation sites is 1. The fraction of sp³-hybridized carbons (Fsp3) is 0.407. The number of amides is 3. The highest BCUT2D eigenvalue weighted by molar-refractivity contribution is 6.00. The number of nitrogens with one attached hydrogen (secondary N) is 3. The van der Waals surface area contributed by atoms with Crippen LogP contribution in [0.25, 0.3) is 11.3 Å². The maximum Gasteiger partial charge on any atom is 0.273 e. The molecule has 0 spiro atoms. The SMILES string of the molecule is [2H]C([2H])([2H])NC(=O)c1nnc(NC(=O)C2CC2)cc1Nc1cccc(-c2cc(C(=O)N3CCC(OC)C3)n(C)n2)c1OC.